The molecule has 2 saturated heterocycles. The van der Waals surface area contributed by atoms with Crippen LogP contribution in [0.1, 0.15) is 17.0 Å². The van der Waals surface area contributed by atoms with Crippen LogP contribution in [0.15, 0.2) is 18.7 Å². The minimum absolute atomic E-state index is 0.674. The van der Waals surface area contributed by atoms with Crippen molar-refractivity contribution >= 4 is 11.6 Å². The summed E-state index contributed by atoms with van der Waals surface area (Å²) < 4.78 is 0. The van der Waals surface area contributed by atoms with Crippen LogP contribution in [-0.4, -0.2) is 46.1 Å². The number of aryl methyl sites for hydroxylation is 2. The van der Waals surface area contributed by atoms with E-state index < -0.39 is 0 Å². The van der Waals surface area contributed by atoms with Crippen molar-refractivity contribution in [1.29, 1.82) is 0 Å². The van der Waals surface area contributed by atoms with Crippen LogP contribution in [0.4, 0.5) is 11.6 Å². The molecule has 0 bridgehead atoms. The lowest BCUT2D eigenvalue weighted by atomic mass is 10.0. The summed E-state index contributed by atoms with van der Waals surface area (Å²) in [5, 5.41) is 0. The summed E-state index contributed by atoms with van der Waals surface area (Å²) in [6.45, 7) is 10.4. The number of fused-ring (bicyclic) bond motifs is 1. The molecular weight excluding hydrogens is 288 g/mol. The molecule has 4 heterocycles. The summed E-state index contributed by atoms with van der Waals surface area (Å²) in [6, 6.07) is 0. The minimum atomic E-state index is 0.674. The Balaban J connectivity index is 1.48. The van der Waals surface area contributed by atoms with Gasteiger partial charge in [0.1, 0.15) is 18.0 Å². The summed E-state index contributed by atoms with van der Waals surface area (Å²) in [7, 11) is 0. The third kappa shape index (κ3) is 2.52. The van der Waals surface area contributed by atoms with Gasteiger partial charge in [0.2, 0.25) is 0 Å². The van der Waals surface area contributed by atoms with Gasteiger partial charge in [-0.1, -0.05) is 0 Å². The van der Waals surface area contributed by atoms with Crippen molar-refractivity contribution in [2.24, 2.45) is 11.8 Å². The predicted molar refractivity (Wildman–Crippen MR) is 89.7 cm³/mol. The maximum absolute atomic E-state index is 4.52. The zero-order valence-corrected chi connectivity index (χ0v) is 13.9. The molecule has 0 spiro atoms. The van der Waals surface area contributed by atoms with Crippen LogP contribution in [0, 0.1) is 32.6 Å². The van der Waals surface area contributed by atoms with E-state index in [4.69, 9.17) is 0 Å². The monoisotopic (exact) mass is 310 g/mol. The first kappa shape index (κ1) is 14.4. The largest absolute Gasteiger partial charge is 0.356 e. The van der Waals surface area contributed by atoms with Crippen LogP contribution in [-0.2, 0) is 0 Å². The Morgan fingerprint density at radius 2 is 1.52 bits per heavy atom. The van der Waals surface area contributed by atoms with Gasteiger partial charge in [-0.15, -0.1) is 0 Å². The molecule has 0 saturated carbocycles. The predicted octanol–water partition coefficient (Wildman–Crippen LogP) is 1.76. The molecule has 0 radical (unpaired) electrons. The van der Waals surface area contributed by atoms with Gasteiger partial charge in [0.15, 0.2) is 0 Å². The number of aromatic nitrogens is 4. The van der Waals surface area contributed by atoms with Gasteiger partial charge in [-0.25, -0.2) is 15.0 Å². The van der Waals surface area contributed by atoms with Crippen molar-refractivity contribution in [3.8, 4) is 0 Å². The van der Waals surface area contributed by atoms with Gasteiger partial charge in [-0.05, 0) is 20.8 Å². The van der Waals surface area contributed by atoms with Crippen LogP contribution >= 0.6 is 0 Å². The Kier molecular flexibility index (Phi) is 3.39. The fourth-order valence-corrected chi connectivity index (χ4v) is 3.75. The van der Waals surface area contributed by atoms with Gasteiger partial charge >= 0.3 is 0 Å². The molecule has 0 aromatic carbocycles. The highest BCUT2D eigenvalue weighted by atomic mass is 15.3. The zero-order chi connectivity index (χ0) is 16.0. The fraction of sp³-hybridized carbons (Fsp3) is 0.529. The lowest BCUT2D eigenvalue weighted by Gasteiger charge is -2.24. The number of rotatable bonds is 2. The van der Waals surface area contributed by atoms with E-state index in [-0.39, 0.29) is 0 Å². The average Bonchev–Trinajstić information content (AvgIpc) is 3.09. The zero-order valence-electron chi connectivity index (χ0n) is 13.9. The maximum atomic E-state index is 4.52. The summed E-state index contributed by atoms with van der Waals surface area (Å²) in [5.41, 5.74) is 3.24. The number of nitrogens with zero attached hydrogens (tertiary/aromatic N) is 6. The van der Waals surface area contributed by atoms with E-state index in [1.807, 2.05) is 19.3 Å². The quantitative estimate of drug-likeness (QED) is 0.842. The van der Waals surface area contributed by atoms with E-state index in [2.05, 4.69) is 43.6 Å². The summed E-state index contributed by atoms with van der Waals surface area (Å²) >= 11 is 0. The van der Waals surface area contributed by atoms with Gasteiger partial charge in [-0.3, -0.25) is 4.98 Å². The van der Waals surface area contributed by atoms with Crippen LogP contribution < -0.4 is 9.80 Å². The summed E-state index contributed by atoms with van der Waals surface area (Å²) in [4.78, 5) is 22.5. The molecular formula is C17H22N6. The Hall–Kier alpha value is -2.24. The first-order valence-electron chi connectivity index (χ1n) is 8.18. The summed E-state index contributed by atoms with van der Waals surface area (Å²) in [5.74, 6) is 3.46. The van der Waals surface area contributed by atoms with Crippen molar-refractivity contribution in [1.82, 2.24) is 19.9 Å². The lowest BCUT2D eigenvalue weighted by Crippen LogP contribution is -2.30. The SMILES string of the molecule is Cc1cnc(N2CC3CN(c4ncnc(C)c4C)CC3C2)cn1. The Bertz CT molecular complexity index is 700. The average molecular weight is 310 g/mol. The Morgan fingerprint density at radius 1 is 0.826 bits per heavy atom. The number of anilines is 2. The molecule has 2 atom stereocenters. The minimum Gasteiger partial charge on any atom is -0.356 e. The topological polar surface area (TPSA) is 58.0 Å². The number of hydrogen-bond acceptors (Lipinski definition) is 6. The van der Waals surface area contributed by atoms with E-state index in [1.54, 1.807) is 6.33 Å². The van der Waals surface area contributed by atoms with Gasteiger partial charge in [0.05, 0.1) is 18.1 Å². The maximum Gasteiger partial charge on any atom is 0.147 e. The molecule has 2 aromatic rings. The van der Waals surface area contributed by atoms with E-state index >= 15 is 0 Å². The van der Waals surface area contributed by atoms with E-state index in [0.717, 1.165) is 49.2 Å². The Labute approximate surface area is 136 Å². The van der Waals surface area contributed by atoms with Crippen molar-refractivity contribution in [2.75, 3.05) is 36.0 Å². The van der Waals surface area contributed by atoms with Gasteiger partial charge in [-0.2, -0.15) is 0 Å². The van der Waals surface area contributed by atoms with Crippen LogP contribution in [0.5, 0.6) is 0 Å². The van der Waals surface area contributed by atoms with Crippen LogP contribution in [0.2, 0.25) is 0 Å². The van der Waals surface area contributed by atoms with E-state index in [1.165, 1.54) is 5.56 Å². The van der Waals surface area contributed by atoms with Gasteiger partial charge < -0.3 is 9.80 Å². The van der Waals surface area contributed by atoms with E-state index in [9.17, 15) is 0 Å². The molecule has 2 fully saturated rings. The third-order valence-electron chi connectivity index (χ3n) is 5.19. The molecule has 0 N–H and O–H groups in total. The lowest BCUT2D eigenvalue weighted by molar-refractivity contribution is 0.533. The second-order valence-corrected chi connectivity index (χ2v) is 6.75. The molecule has 2 aromatic heterocycles. The van der Waals surface area contributed by atoms with Crippen LogP contribution in [0.3, 0.4) is 0 Å². The van der Waals surface area contributed by atoms with Crippen molar-refractivity contribution in [2.45, 2.75) is 20.8 Å². The second kappa shape index (κ2) is 5.44. The molecule has 23 heavy (non-hydrogen) atoms. The van der Waals surface area contributed by atoms with Crippen molar-refractivity contribution in [3.63, 3.8) is 0 Å². The second-order valence-electron chi connectivity index (χ2n) is 6.75. The molecule has 6 nitrogen and oxygen atoms in total. The van der Waals surface area contributed by atoms with E-state index in [0.29, 0.717) is 11.8 Å². The Morgan fingerprint density at radius 3 is 2.17 bits per heavy atom. The highest BCUT2D eigenvalue weighted by molar-refractivity contribution is 5.50. The molecule has 6 heteroatoms. The fourth-order valence-electron chi connectivity index (χ4n) is 3.75. The molecule has 2 aliphatic heterocycles. The first-order valence-corrected chi connectivity index (χ1v) is 8.18. The summed E-state index contributed by atoms with van der Waals surface area (Å²) in [6.07, 6.45) is 5.43. The van der Waals surface area contributed by atoms with Gasteiger partial charge in [0.25, 0.3) is 0 Å². The molecule has 4 rings (SSSR count). The van der Waals surface area contributed by atoms with Crippen molar-refractivity contribution in [3.05, 3.63) is 35.7 Å². The van der Waals surface area contributed by atoms with Gasteiger partial charge in [0, 0.05) is 49.3 Å². The molecule has 0 amide bonds. The molecule has 0 aliphatic carbocycles. The molecule has 2 unspecified atom stereocenters. The molecule has 2 aliphatic rings. The number of hydrogen-bond donors (Lipinski definition) is 0. The van der Waals surface area contributed by atoms with Crippen molar-refractivity contribution < 1.29 is 0 Å². The first-order chi connectivity index (χ1) is 11.1. The normalized spacial score (nSPS) is 23.4. The smallest absolute Gasteiger partial charge is 0.147 e. The highest BCUT2D eigenvalue weighted by Gasteiger charge is 2.41. The standard InChI is InChI=1S/C17H22N6/c1-11-4-19-16(5-18-11)22-6-14-8-23(9-15(14)7-22)17-12(2)13(3)20-10-21-17/h4-5,10,14-15H,6-9H2,1-3H3. The highest BCUT2D eigenvalue weighted by Crippen LogP contribution is 2.35. The van der Waals surface area contributed by atoms with Crippen LogP contribution in [0.25, 0.3) is 0 Å². The molecule has 120 valence electrons. The third-order valence-corrected chi connectivity index (χ3v) is 5.19.